The van der Waals surface area contributed by atoms with Gasteiger partial charge >= 0.3 is 6.18 Å². The number of nitrogens with zero attached hydrogens (tertiary/aromatic N) is 5. The van der Waals surface area contributed by atoms with Gasteiger partial charge in [0.1, 0.15) is 0 Å². The fourth-order valence-electron chi connectivity index (χ4n) is 3.71. The molecular weight excluding hydrogens is 375 g/mol. The number of halogens is 3. The molecule has 1 atom stereocenters. The Morgan fingerprint density at radius 3 is 2.61 bits per heavy atom. The van der Waals surface area contributed by atoms with Gasteiger partial charge < -0.3 is 14.4 Å². The van der Waals surface area contributed by atoms with Gasteiger partial charge in [0.2, 0.25) is 17.6 Å². The molecule has 0 spiro atoms. The predicted octanol–water partition coefficient (Wildman–Crippen LogP) is 1.69. The molecule has 4 rings (SSSR count). The van der Waals surface area contributed by atoms with Crippen LogP contribution in [0.5, 0.6) is 0 Å². The Kier molecular flexibility index (Phi) is 4.56. The highest BCUT2D eigenvalue weighted by molar-refractivity contribution is 5.89. The summed E-state index contributed by atoms with van der Waals surface area (Å²) in [5.74, 6) is -1.75. The van der Waals surface area contributed by atoms with Crippen LogP contribution in [0.2, 0.25) is 0 Å². The van der Waals surface area contributed by atoms with Crippen molar-refractivity contribution in [3.05, 3.63) is 47.5 Å². The number of fused-ring (bicyclic) bond motifs is 1. The maximum atomic E-state index is 12.9. The fraction of sp³-hybridized carbons (Fsp3) is 0.444. The third-order valence-corrected chi connectivity index (χ3v) is 5.10. The van der Waals surface area contributed by atoms with Gasteiger partial charge in [-0.1, -0.05) is 30.3 Å². The lowest BCUT2D eigenvalue weighted by Crippen LogP contribution is -2.43. The van der Waals surface area contributed by atoms with Crippen LogP contribution in [0.15, 0.2) is 30.3 Å². The number of carbonyl (C=O) groups is 2. The fourth-order valence-corrected chi connectivity index (χ4v) is 3.71. The summed E-state index contributed by atoms with van der Waals surface area (Å²) in [6.07, 6.45) is -4.46. The second-order valence-corrected chi connectivity index (χ2v) is 7.01. The second kappa shape index (κ2) is 6.92. The molecule has 7 nitrogen and oxygen atoms in total. The smallest absolute Gasteiger partial charge is 0.338 e. The van der Waals surface area contributed by atoms with E-state index in [1.54, 1.807) is 4.90 Å². The minimum Gasteiger partial charge on any atom is -0.338 e. The van der Waals surface area contributed by atoms with Gasteiger partial charge in [0.05, 0.1) is 12.5 Å². The maximum absolute atomic E-state index is 12.9. The van der Waals surface area contributed by atoms with Gasteiger partial charge in [-0.3, -0.25) is 9.59 Å². The summed E-state index contributed by atoms with van der Waals surface area (Å²) in [6, 6.07) is 9.49. The van der Waals surface area contributed by atoms with Crippen molar-refractivity contribution in [3.8, 4) is 0 Å². The first kappa shape index (κ1) is 18.5. The van der Waals surface area contributed by atoms with E-state index in [4.69, 9.17) is 0 Å². The molecule has 1 fully saturated rings. The topological polar surface area (TPSA) is 71.3 Å². The van der Waals surface area contributed by atoms with Crippen molar-refractivity contribution in [3.63, 3.8) is 0 Å². The molecule has 1 saturated heterocycles. The number of amides is 2. The van der Waals surface area contributed by atoms with Gasteiger partial charge in [-0.15, -0.1) is 10.2 Å². The van der Waals surface area contributed by atoms with E-state index in [1.807, 2.05) is 30.3 Å². The first-order valence-corrected chi connectivity index (χ1v) is 8.92. The van der Waals surface area contributed by atoms with Gasteiger partial charge in [0, 0.05) is 32.6 Å². The lowest BCUT2D eigenvalue weighted by molar-refractivity contribution is -0.148. The van der Waals surface area contributed by atoms with Crippen LogP contribution in [0.4, 0.5) is 13.2 Å². The van der Waals surface area contributed by atoms with Gasteiger partial charge in [-0.25, -0.2) is 0 Å². The van der Waals surface area contributed by atoms with Crippen molar-refractivity contribution in [2.75, 3.05) is 13.1 Å². The number of aromatic nitrogens is 3. The summed E-state index contributed by atoms with van der Waals surface area (Å²) in [4.78, 5) is 28.2. The molecule has 1 aromatic carbocycles. The molecule has 2 aliphatic rings. The molecule has 2 amide bonds. The normalized spacial score (nSPS) is 19.8. The number of rotatable bonds is 3. The van der Waals surface area contributed by atoms with E-state index in [1.165, 1.54) is 4.90 Å². The summed E-state index contributed by atoms with van der Waals surface area (Å²) in [5, 5.41) is 6.81. The van der Waals surface area contributed by atoms with E-state index in [0.717, 1.165) is 10.1 Å². The Hall–Kier alpha value is -2.91. The molecule has 0 aliphatic carbocycles. The van der Waals surface area contributed by atoms with Crippen LogP contribution in [-0.2, 0) is 35.4 Å². The van der Waals surface area contributed by atoms with Crippen LogP contribution in [-0.4, -0.2) is 49.5 Å². The molecule has 148 valence electrons. The molecule has 2 aliphatic heterocycles. The zero-order valence-corrected chi connectivity index (χ0v) is 14.9. The Bertz CT molecular complexity index is 896. The van der Waals surface area contributed by atoms with E-state index in [0.29, 0.717) is 13.1 Å². The van der Waals surface area contributed by atoms with E-state index in [-0.39, 0.29) is 43.7 Å². The van der Waals surface area contributed by atoms with Crippen molar-refractivity contribution >= 4 is 11.8 Å². The first-order valence-electron chi connectivity index (χ1n) is 8.92. The summed E-state index contributed by atoms with van der Waals surface area (Å²) in [7, 11) is 0. The highest BCUT2D eigenvalue weighted by atomic mass is 19.4. The van der Waals surface area contributed by atoms with Crippen LogP contribution >= 0.6 is 0 Å². The van der Waals surface area contributed by atoms with Crippen LogP contribution in [0.1, 0.15) is 23.6 Å². The van der Waals surface area contributed by atoms with Crippen molar-refractivity contribution in [1.29, 1.82) is 0 Å². The Balaban J connectivity index is 1.42. The zero-order chi connectivity index (χ0) is 19.9. The van der Waals surface area contributed by atoms with E-state index in [2.05, 4.69) is 10.2 Å². The predicted molar refractivity (Wildman–Crippen MR) is 90.4 cm³/mol. The average molecular weight is 393 g/mol. The number of hydrogen-bond donors (Lipinski definition) is 0. The van der Waals surface area contributed by atoms with Crippen molar-refractivity contribution in [2.45, 2.75) is 32.2 Å². The molecule has 0 radical (unpaired) electrons. The average Bonchev–Trinajstić information content (AvgIpc) is 3.25. The lowest BCUT2D eigenvalue weighted by atomic mass is 10.1. The van der Waals surface area contributed by atoms with Gasteiger partial charge in [-0.2, -0.15) is 13.2 Å². The molecule has 2 aromatic rings. The van der Waals surface area contributed by atoms with Crippen LogP contribution in [0.3, 0.4) is 0 Å². The summed E-state index contributed by atoms with van der Waals surface area (Å²) < 4.78 is 39.8. The maximum Gasteiger partial charge on any atom is 0.451 e. The Morgan fingerprint density at radius 2 is 1.89 bits per heavy atom. The largest absolute Gasteiger partial charge is 0.451 e. The molecular formula is C18H18F3N5O2. The number of alkyl halides is 3. The molecule has 1 aromatic heterocycles. The number of carbonyl (C=O) groups excluding carboxylic acids is 2. The SMILES string of the molecule is O=C1CC(C(=O)N2CCn3c(nnc3C(F)(F)F)C2)CN1Cc1ccccc1. The first-order chi connectivity index (χ1) is 13.3. The quantitative estimate of drug-likeness (QED) is 0.796. The number of benzene rings is 1. The van der Waals surface area contributed by atoms with Crippen LogP contribution in [0, 0.1) is 5.92 Å². The van der Waals surface area contributed by atoms with E-state index >= 15 is 0 Å². The molecule has 0 saturated carbocycles. The zero-order valence-electron chi connectivity index (χ0n) is 14.9. The van der Waals surface area contributed by atoms with E-state index < -0.39 is 17.9 Å². The van der Waals surface area contributed by atoms with Gasteiger partial charge in [0.15, 0.2) is 5.82 Å². The third kappa shape index (κ3) is 3.46. The Labute approximate surface area is 158 Å². The summed E-state index contributed by atoms with van der Waals surface area (Å²) >= 11 is 0. The highest BCUT2D eigenvalue weighted by Gasteiger charge is 2.41. The molecule has 10 heteroatoms. The van der Waals surface area contributed by atoms with Crippen molar-refractivity contribution < 1.29 is 22.8 Å². The van der Waals surface area contributed by atoms with Gasteiger partial charge in [-0.05, 0) is 5.56 Å². The van der Waals surface area contributed by atoms with Gasteiger partial charge in [0.25, 0.3) is 0 Å². The Morgan fingerprint density at radius 1 is 1.14 bits per heavy atom. The number of hydrogen-bond acceptors (Lipinski definition) is 4. The monoisotopic (exact) mass is 393 g/mol. The second-order valence-electron chi connectivity index (χ2n) is 7.01. The molecule has 3 heterocycles. The third-order valence-electron chi connectivity index (χ3n) is 5.10. The number of likely N-dealkylation sites (tertiary alicyclic amines) is 1. The summed E-state index contributed by atoms with van der Waals surface area (Å²) in [5.41, 5.74) is 0.981. The van der Waals surface area contributed by atoms with Crippen LogP contribution in [0.25, 0.3) is 0 Å². The molecule has 0 bridgehead atoms. The van der Waals surface area contributed by atoms with E-state index in [9.17, 15) is 22.8 Å². The minimum atomic E-state index is -4.58. The van der Waals surface area contributed by atoms with Crippen LogP contribution < -0.4 is 0 Å². The molecule has 0 N–H and O–H groups in total. The summed E-state index contributed by atoms with van der Waals surface area (Å²) in [6.45, 7) is 0.829. The van der Waals surface area contributed by atoms with Crippen molar-refractivity contribution in [2.24, 2.45) is 5.92 Å². The van der Waals surface area contributed by atoms with Crippen molar-refractivity contribution in [1.82, 2.24) is 24.6 Å². The standard InChI is InChI=1S/C18H18F3N5O2/c19-18(20,21)17-23-22-14-11-24(6-7-26(14)17)16(28)13-8-15(27)25(10-13)9-12-4-2-1-3-5-12/h1-5,13H,6-11H2. The molecule has 1 unspecified atom stereocenters. The lowest BCUT2D eigenvalue weighted by Gasteiger charge is -2.30. The molecule has 28 heavy (non-hydrogen) atoms. The minimum absolute atomic E-state index is 0.0166. The highest BCUT2D eigenvalue weighted by Crippen LogP contribution is 2.30.